The van der Waals surface area contributed by atoms with Gasteiger partial charge in [-0.1, -0.05) is 41.7 Å². The lowest BCUT2D eigenvalue weighted by Gasteiger charge is -2.02. The Balaban J connectivity index is 1.82. The topological polar surface area (TPSA) is 87.2 Å². The van der Waals surface area contributed by atoms with Crippen molar-refractivity contribution >= 4 is 46.5 Å². The van der Waals surface area contributed by atoms with Crippen molar-refractivity contribution in [2.45, 2.75) is 6.54 Å². The van der Waals surface area contributed by atoms with E-state index in [1.807, 2.05) is 30.3 Å². The quantitative estimate of drug-likeness (QED) is 0.609. The normalized spacial score (nSPS) is 14.3. The second kappa shape index (κ2) is 7.73. The van der Waals surface area contributed by atoms with Crippen LogP contribution in [0.1, 0.15) is 20.8 Å². The molecule has 1 aliphatic heterocycles. The number of hydrogen-bond acceptors (Lipinski definition) is 5. The van der Waals surface area contributed by atoms with Crippen LogP contribution in [0.4, 0.5) is 11.4 Å². The minimum absolute atomic E-state index is 0.0771. The highest BCUT2D eigenvalue weighted by Gasteiger charge is 2.15. The van der Waals surface area contributed by atoms with Crippen molar-refractivity contribution in [2.75, 3.05) is 0 Å². The molecule has 4 rings (SSSR count). The molecule has 1 aromatic heterocycles. The number of rotatable bonds is 5. The summed E-state index contributed by atoms with van der Waals surface area (Å²) < 4.78 is 1.63. The average molecular weight is 403 g/mol. The number of hydrogen-bond donors (Lipinski definition) is 2. The summed E-state index contributed by atoms with van der Waals surface area (Å²) in [6.07, 6.45) is 5.32. The fourth-order valence-corrected chi connectivity index (χ4v) is 4.01. The minimum Gasteiger partial charge on any atom is -0.493 e. The minimum atomic E-state index is -1.01. The summed E-state index contributed by atoms with van der Waals surface area (Å²) in [7, 11) is 0. The Hall–Kier alpha value is -3.71. The number of aromatic hydroxyl groups is 1. The molecule has 2 heterocycles. The molecule has 2 aromatic carbocycles. The smallest absolute Gasteiger partial charge is 0.335 e. The molecule has 1 aliphatic rings. The van der Waals surface area contributed by atoms with Gasteiger partial charge in [0.05, 0.1) is 21.8 Å². The molecular weight excluding hydrogens is 386 g/mol. The highest BCUT2D eigenvalue weighted by Crippen LogP contribution is 2.34. The van der Waals surface area contributed by atoms with E-state index in [0.29, 0.717) is 21.9 Å². The fraction of sp³-hybridized carbons (Fsp3) is 0.0455. The van der Waals surface area contributed by atoms with Gasteiger partial charge in [-0.25, -0.2) is 9.79 Å². The molecule has 144 valence electrons. The molecule has 0 atom stereocenters. The third-order valence-corrected chi connectivity index (χ3v) is 5.40. The van der Waals surface area contributed by atoms with Gasteiger partial charge in [0.15, 0.2) is 4.80 Å². The van der Waals surface area contributed by atoms with Gasteiger partial charge in [0.1, 0.15) is 0 Å². The van der Waals surface area contributed by atoms with Gasteiger partial charge in [-0.2, -0.15) is 0 Å². The molecule has 0 fully saturated rings. The molecule has 0 saturated carbocycles. The van der Waals surface area contributed by atoms with Gasteiger partial charge in [0, 0.05) is 23.9 Å². The molecule has 3 aromatic rings. The summed E-state index contributed by atoms with van der Waals surface area (Å²) in [5, 5.41) is 19.9. The van der Waals surface area contributed by atoms with Crippen molar-refractivity contribution in [3.8, 4) is 5.88 Å². The molecule has 2 N–H and O–H groups in total. The van der Waals surface area contributed by atoms with Crippen molar-refractivity contribution in [2.24, 2.45) is 9.98 Å². The Labute approximate surface area is 170 Å². The van der Waals surface area contributed by atoms with Gasteiger partial charge in [-0.15, -0.1) is 6.58 Å². The maximum absolute atomic E-state index is 11.2. The van der Waals surface area contributed by atoms with E-state index in [-0.39, 0.29) is 11.4 Å². The van der Waals surface area contributed by atoms with Crippen LogP contribution in [-0.2, 0) is 6.54 Å². The Morgan fingerprint density at radius 3 is 2.86 bits per heavy atom. The van der Waals surface area contributed by atoms with Gasteiger partial charge in [-0.05, 0) is 30.3 Å². The Morgan fingerprint density at radius 2 is 2.07 bits per heavy atom. The number of aromatic nitrogens is 1. The van der Waals surface area contributed by atoms with Crippen LogP contribution in [0.5, 0.6) is 5.88 Å². The van der Waals surface area contributed by atoms with Crippen LogP contribution in [0.15, 0.2) is 71.2 Å². The third kappa shape index (κ3) is 3.68. The van der Waals surface area contributed by atoms with Crippen LogP contribution < -0.4 is 4.80 Å². The summed E-state index contributed by atoms with van der Waals surface area (Å²) in [4.78, 5) is 21.3. The summed E-state index contributed by atoms with van der Waals surface area (Å²) in [6.45, 7) is 4.11. The van der Waals surface area contributed by atoms with Crippen LogP contribution in [0, 0.1) is 0 Å². The van der Waals surface area contributed by atoms with E-state index in [4.69, 9.17) is 0 Å². The number of carbonyl (C=O) groups is 1. The predicted octanol–water partition coefficient (Wildman–Crippen LogP) is 4.63. The molecule has 0 unspecified atom stereocenters. The molecule has 7 heteroatoms. The monoisotopic (exact) mass is 403 g/mol. The van der Waals surface area contributed by atoms with Crippen molar-refractivity contribution in [1.29, 1.82) is 0 Å². The molecule has 6 nitrogen and oxygen atoms in total. The van der Waals surface area contributed by atoms with Gasteiger partial charge in [0.2, 0.25) is 5.88 Å². The molecule has 0 radical (unpaired) electrons. The fourth-order valence-electron chi connectivity index (χ4n) is 3.01. The van der Waals surface area contributed by atoms with Crippen molar-refractivity contribution in [3.05, 3.63) is 82.0 Å². The van der Waals surface area contributed by atoms with Crippen LogP contribution in [0.3, 0.4) is 0 Å². The number of thiazole rings is 1. The summed E-state index contributed by atoms with van der Waals surface area (Å²) >= 11 is 1.31. The van der Waals surface area contributed by atoms with Crippen LogP contribution in [-0.4, -0.2) is 27.0 Å². The first-order valence-corrected chi connectivity index (χ1v) is 9.65. The Bertz CT molecular complexity index is 1250. The zero-order valence-corrected chi connectivity index (χ0v) is 16.1. The van der Waals surface area contributed by atoms with Crippen molar-refractivity contribution in [1.82, 2.24) is 4.57 Å². The van der Waals surface area contributed by atoms with Gasteiger partial charge >= 0.3 is 5.97 Å². The van der Waals surface area contributed by atoms with Crippen LogP contribution >= 0.6 is 11.3 Å². The van der Waals surface area contributed by atoms with Crippen LogP contribution in [0.2, 0.25) is 0 Å². The molecular formula is C22H17N3O3S. The summed E-state index contributed by atoms with van der Waals surface area (Å²) in [5.74, 6) is -0.937. The maximum Gasteiger partial charge on any atom is 0.335 e. The number of aliphatic imine (C=N–C) groups is 1. The van der Waals surface area contributed by atoms with E-state index < -0.39 is 5.97 Å². The molecule has 0 bridgehead atoms. The van der Waals surface area contributed by atoms with E-state index in [2.05, 4.69) is 16.6 Å². The zero-order chi connectivity index (χ0) is 20.4. The predicted molar refractivity (Wildman–Crippen MR) is 115 cm³/mol. The van der Waals surface area contributed by atoms with E-state index in [1.165, 1.54) is 23.5 Å². The number of para-hydroxylation sites is 1. The summed E-state index contributed by atoms with van der Waals surface area (Å²) in [5.41, 5.74) is 3.45. The molecule has 29 heavy (non-hydrogen) atoms. The highest BCUT2D eigenvalue weighted by molar-refractivity contribution is 7.10. The Kier molecular flexibility index (Phi) is 4.97. The largest absolute Gasteiger partial charge is 0.493 e. The number of aromatic carboxylic acids is 1. The van der Waals surface area contributed by atoms with Crippen LogP contribution in [0.25, 0.3) is 11.6 Å². The highest BCUT2D eigenvalue weighted by atomic mass is 32.1. The van der Waals surface area contributed by atoms with Gasteiger partial charge < -0.3 is 10.2 Å². The lowest BCUT2D eigenvalue weighted by Crippen LogP contribution is -2.12. The zero-order valence-electron chi connectivity index (χ0n) is 15.3. The number of nitrogens with zero attached hydrogens (tertiary/aromatic N) is 3. The number of carboxylic acids is 1. The van der Waals surface area contributed by atoms with E-state index in [9.17, 15) is 15.0 Å². The van der Waals surface area contributed by atoms with E-state index in [0.717, 1.165) is 16.8 Å². The Morgan fingerprint density at radius 1 is 1.24 bits per heavy atom. The lowest BCUT2D eigenvalue weighted by molar-refractivity contribution is 0.0697. The SMILES string of the molecule is C=CCn1c(O)c(/C=C2\C=Nc3ccccc32)sc1=Nc1cccc(C(=O)O)c1. The number of fused-ring (bicyclic) bond motifs is 1. The first kappa shape index (κ1) is 18.6. The van der Waals surface area contributed by atoms with Crippen molar-refractivity contribution < 1.29 is 15.0 Å². The number of benzene rings is 2. The van der Waals surface area contributed by atoms with Crippen molar-refractivity contribution in [3.63, 3.8) is 0 Å². The molecule has 0 spiro atoms. The lowest BCUT2D eigenvalue weighted by atomic mass is 10.1. The molecule has 0 amide bonds. The number of carboxylic acid groups (broad SMARTS) is 1. The standard InChI is InChI=1S/C22H17N3O3S/c1-2-10-25-20(26)19(12-15-13-23-18-9-4-3-8-17(15)18)29-22(25)24-16-7-5-6-14(11-16)21(27)28/h2-9,11-13,26H,1,10H2,(H,27,28)/b15-12+,24-22?. The molecule has 0 aliphatic carbocycles. The number of allylic oxidation sites excluding steroid dienone is 2. The second-order valence-electron chi connectivity index (χ2n) is 6.31. The first-order valence-electron chi connectivity index (χ1n) is 8.83. The third-order valence-electron chi connectivity index (χ3n) is 4.38. The van der Waals surface area contributed by atoms with Gasteiger partial charge in [0.25, 0.3) is 0 Å². The maximum atomic E-state index is 11.2. The molecule has 0 saturated heterocycles. The van der Waals surface area contributed by atoms with Gasteiger partial charge in [-0.3, -0.25) is 9.56 Å². The van der Waals surface area contributed by atoms with E-state index >= 15 is 0 Å². The first-order chi connectivity index (χ1) is 14.1. The second-order valence-corrected chi connectivity index (χ2v) is 7.32. The average Bonchev–Trinajstić information content (AvgIpc) is 3.25. The summed E-state index contributed by atoms with van der Waals surface area (Å²) in [6, 6.07) is 14.2. The van der Waals surface area contributed by atoms with E-state index in [1.54, 1.807) is 29.0 Å².